The molecular weight excluding hydrogens is 216 g/mol. The Morgan fingerprint density at radius 1 is 1.06 bits per heavy atom. The first-order valence-electron chi connectivity index (χ1n) is 6.00. The monoisotopic (exact) mass is 238 g/mol. The first kappa shape index (κ1) is 13.6. The number of hydrogen-bond acceptors (Lipinski definition) is 2. The van der Waals surface area contributed by atoms with E-state index in [2.05, 4.69) is 44.7 Å². The van der Waals surface area contributed by atoms with Gasteiger partial charge in [0.25, 0.3) is 0 Å². The van der Waals surface area contributed by atoms with Crippen molar-refractivity contribution in [3.05, 3.63) is 34.9 Å². The lowest BCUT2D eigenvalue weighted by atomic mass is 10.0. The molecule has 0 bridgehead atoms. The Morgan fingerprint density at radius 3 is 2.25 bits per heavy atom. The Hall–Kier alpha value is -0.470. The largest absolute Gasteiger partial charge is 0.396 e. The van der Waals surface area contributed by atoms with Gasteiger partial charge in [0, 0.05) is 11.9 Å². The van der Waals surface area contributed by atoms with Gasteiger partial charge in [-0.05, 0) is 32.3 Å². The fourth-order valence-corrected chi connectivity index (χ4v) is 2.33. The van der Waals surface area contributed by atoms with Gasteiger partial charge in [0.1, 0.15) is 0 Å². The van der Waals surface area contributed by atoms with E-state index in [4.69, 9.17) is 5.11 Å². The molecule has 1 rings (SSSR count). The summed E-state index contributed by atoms with van der Waals surface area (Å²) in [5.74, 6) is 0. The number of benzene rings is 1. The molecule has 0 fully saturated rings. The highest BCUT2D eigenvalue weighted by molar-refractivity contribution is 7.80. The maximum absolute atomic E-state index is 8.70. The SMILES string of the molecule is Cc1cc(C)cc(C(S)CCCCCO)c1. The molecular formula is C14H22OS. The van der Waals surface area contributed by atoms with E-state index in [1.807, 2.05) is 0 Å². The Kier molecular flexibility index (Phi) is 5.93. The lowest BCUT2D eigenvalue weighted by Crippen LogP contribution is -1.94. The van der Waals surface area contributed by atoms with Gasteiger partial charge in [-0.25, -0.2) is 0 Å². The topological polar surface area (TPSA) is 20.2 Å². The molecule has 2 heteroatoms. The highest BCUT2D eigenvalue weighted by Gasteiger charge is 2.06. The van der Waals surface area contributed by atoms with Crippen molar-refractivity contribution < 1.29 is 5.11 Å². The molecule has 0 radical (unpaired) electrons. The predicted molar refractivity (Wildman–Crippen MR) is 73.2 cm³/mol. The van der Waals surface area contributed by atoms with Crippen LogP contribution in [0.2, 0.25) is 0 Å². The third-order valence-corrected chi connectivity index (χ3v) is 3.32. The van der Waals surface area contributed by atoms with Gasteiger partial charge < -0.3 is 5.11 Å². The summed E-state index contributed by atoms with van der Waals surface area (Å²) in [5.41, 5.74) is 3.94. The van der Waals surface area contributed by atoms with E-state index in [1.165, 1.54) is 16.7 Å². The van der Waals surface area contributed by atoms with Crippen molar-refractivity contribution in [2.24, 2.45) is 0 Å². The summed E-state index contributed by atoms with van der Waals surface area (Å²) in [6.45, 7) is 4.56. The van der Waals surface area contributed by atoms with E-state index in [0.717, 1.165) is 25.7 Å². The second-order valence-corrected chi connectivity index (χ2v) is 5.13. The Bertz CT molecular complexity index is 302. The minimum atomic E-state index is 0.306. The number of aliphatic hydroxyl groups is 1. The number of thiol groups is 1. The van der Waals surface area contributed by atoms with Crippen molar-refractivity contribution in [1.82, 2.24) is 0 Å². The number of rotatable bonds is 6. The normalized spacial score (nSPS) is 12.8. The van der Waals surface area contributed by atoms with Crippen LogP contribution in [0.4, 0.5) is 0 Å². The molecule has 1 nitrogen and oxygen atoms in total. The summed E-state index contributed by atoms with van der Waals surface area (Å²) in [4.78, 5) is 0. The van der Waals surface area contributed by atoms with Crippen LogP contribution in [0.1, 0.15) is 47.6 Å². The van der Waals surface area contributed by atoms with Crippen LogP contribution in [0.25, 0.3) is 0 Å². The molecule has 0 saturated carbocycles. The fourth-order valence-electron chi connectivity index (χ4n) is 2.00. The van der Waals surface area contributed by atoms with Gasteiger partial charge >= 0.3 is 0 Å². The maximum atomic E-state index is 8.70. The van der Waals surface area contributed by atoms with E-state index in [1.54, 1.807) is 0 Å². The zero-order valence-electron chi connectivity index (χ0n) is 10.2. The van der Waals surface area contributed by atoms with Gasteiger partial charge in [0.2, 0.25) is 0 Å². The van der Waals surface area contributed by atoms with Crippen molar-refractivity contribution in [1.29, 1.82) is 0 Å². The fraction of sp³-hybridized carbons (Fsp3) is 0.571. The molecule has 0 spiro atoms. The lowest BCUT2D eigenvalue weighted by molar-refractivity contribution is 0.282. The Balaban J connectivity index is 2.48. The van der Waals surface area contributed by atoms with E-state index >= 15 is 0 Å². The number of aliphatic hydroxyl groups excluding tert-OH is 1. The van der Waals surface area contributed by atoms with Crippen LogP contribution < -0.4 is 0 Å². The maximum Gasteiger partial charge on any atom is 0.0431 e. The molecule has 1 N–H and O–H groups in total. The van der Waals surface area contributed by atoms with Crippen molar-refractivity contribution in [2.75, 3.05) is 6.61 Å². The van der Waals surface area contributed by atoms with E-state index in [0.29, 0.717) is 11.9 Å². The minimum absolute atomic E-state index is 0.306. The van der Waals surface area contributed by atoms with Crippen LogP contribution in [0, 0.1) is 13.8 Å². The highest BCUT2D eigenvalue weighted by atomic mass is 32.1. The van der Waals surface area contributed by atoms with Crippen LogP contribution >= 0.6 is 12.6 Å². The molecule has 1 unspecified atom stereocenters. The average molecular weight is 238 g/mol. The third kappa shape index (κ3) is 4.58. The predicted octanol–water partition coefficient (Wildman–Crippen LogP) is 3.83. The number of aryl methyl sites for hydroxylation is 2. The number of unbranched alkanes of at least 4 members (excludes halogenated alkanes) is 2. The van der Waals surface area contributed by atoms with Crippen molar-refractivity contribution in [3.63, 3.8) is 0 Å². The Labute approximate surface area is 104 Å². The average Bonchev–Trinajstić information content (AvgIpc) is 2.22. The molecule has 90 valence electrons. The molecule has 0 aliphatic rings. The standard InChI is InChI=1S/C14H22OS/c1-11-8-12(2)10-13(9-11)14(16)6-4-3-5-7-15/h8-10,14-16H,3-7H2,1-2H3. The van der Waals surface area contributed by atoms with Crippen molar-refractivity contribution in [3.8, 4) is 0 Å². The van der Waals surface area contributed by atoms with Crippen LogP contribution in [0.15, 0.2) is 18.2 Å². The molecule has 0 heterocycles. The molecule has 0 aromatic heterocycles. The van der Waals surface area contributed by atoms with Crippen LogP contribution in [0.3, 0.4) is 0 Å². The molecule has 0 saturated heterocycles. The smallest absolute Gasteiger partial charge is 0.0431 e. The lowest BCUT2D eigenvalue weighted by Gasteiger charge is -2.12. The van der Waals surface area contributed by atoms with Crippen molar-refractivity contribution in [2.45, 2.75) is 44.8 Å². The van der Waals surface area contributed by atoms with Crippen LogP contribution in [-0.4, -0.2) is 11.7 Å². The van der Waals surface area contributed by atoms with Gasteiger partial charge in [-0.15, -0.1) is 0 Å². The van der Waals surface area contributed by atoms with Gasteiger partial charge in [0.15, 0.2) is 0 Å². The van der Waals surface area contributed by atoms with Crippen LogP contribution in [0.5, 0.6) is 0 Å². The minimum Gasteiger partial charge on any atom is -0.396 e. The Morgan fingerprint density at radius 2 is 1.69 bits per heavy atom. The summed E-state index contributed by atoms with van der Waals surface area (Å²) >= 11 is 4.65. The van der Waals surface area contributed by atoms with E-state index in [-0.39, 0.29) is 0 Å². The van der Waals surface area contributed by atoms with Gasteiger partial charge in [-0.2, -0.15) is 12.6 Å². The summed E-state index contributed by atoms with van der Waals surface area (Å²) in [6, 6.07) is 6.63. The quantitative estimate of drug-likeness (QED) is 0.570. The molecule has 1 aromatic carbocycles. The molecule has 0 amide bonds. The first-order valence-corrected chi connectivity index (χ1v) is 6.52. The molecule has 0 aliphatic heterocycles. The zero-order valence-corrected chi connectivity index (χ0v) is 11.1. The van der Waals surface area contributed by atoms with Crippen molar-refractivity contribution >= 4 is 12.6 Å². The second kappa shape index (κ2) is 6.97. The molecule has 1 aromatic rings. The third-order valence-electron chi connectivity index (χ3n) is 2.76. The van der Waals surface area contributed by atoms with Crippen LogP contribution in [-0.2, 0) is 0 Å². The van der Waals surface area contributed by atoms with E-state index in [9.17, 15) is 0 Å². The second-order valence-electron chi connectivity index (χ2n) is 4.51. The van der Waals surface area contributed by atoms with Gasteiger partial charge in [0.05, 0.1) is 0 Å². The number of hydrogen-bond donors (Lipinski definition) is 2. The first-order chi connectivity index (χ1) is 7.63. The van der Waals surface area contributed by atoms with E-state index < -0.39 is 0 Å². The molecule has 0 aliphatic carbocycles. The molecule has 1 atom stereocenters. The highest BCUT2D eigenvalue weighted by Crippen LogP contribution is 2.27. The molecule has 16 heavy (non-hydrogen) atoms. The summed E-state index contributed by atoms with van der Waals surface area (Å²) in [6.07, 6.45) is 4.24. The summed E-state index contributed by atoms with van der Waals surface area (Å²) in [7, 11) is 0. The summed E-state index contributed by atoms with van der Waals surface area (Å²) in [5, 5.41) is 9.03. The zero-order chi connectivity index (χ0) is 12.0. The van der Waals surface area contributed by atoms with Gasteiger partial charge in [-0.1, -0.05) is 42.2 Å². The van der Waals surface area contributed by atoms with Gasteiger partial charge in [-0.3, -0.25) is 0 Å². The summed E-state index contributed by atoms with van der Waals surface area (Å²) < 4.78 is 0.